The minimum absolute atomic E-state index is 0.0116. The van der Waals surface area contributed by atoms with Crippen molar-refractivity contribution in [3.63, 3.8) is 0 Å². The lowest BCUT2D eigenvalue weighted by atomic mass is 10.3. The standard InChI is InChI=1S/C9H11BrF3N3/c10-6-4-15-5-7(14)8(6)16-3-1-2-9(11,12)13/h4-5H,1-3,14H2,(H,15,16). The topological polar surface area (TPSA) is 50.9 Å². The second-order valence-corrected chi connectivity index (χ2v) is 4.09. The average molecular weight is 298 g/mol. The number of nitrogens with two attached hydrogens (primary N) is 1. The van der Waals surface area contributed by atoms with Gasteiger partial charge in [-0.2, -0.15) is 13.2 Å². The largest absolute Gasteiger partial charge is 0.396 e. The molecule has 3 N–H and O–H groups in total. The highest BCUT2D eigenvalue weighted by atomic mass is 79.9. The van der Waals surface area contributed by atoms with Crippen LogP contribution in [0.1, 0.15) is 12.8 Å². The number of rotatable bonds is 4. The van der Waals surface area contributed by atoms with Crippen molar-refractivity contribution in [3.8, 4) is 0 Å². The Balaban J connectivity index is 2.43. The lowest BCUT2D eigenvalue weighted by Crippen LogP contribution is -2.11. The minimum atomic E-state index is -4.11. The molecule has 0 amide bonds. The van der Waals surface area contributed by atoms with E-state index in [4.69, 9.17) is 5.73 Å². The molecule has 1 aromatic heterocycles. The quantitative estimate of drug-likeness (QED) is 0.839. The van der Waals surface area contributed by atoms with Crippen LogP contribution >= 0.6 is 15.9 Å². The van der Waals surface area contributed by atoms with E-state index in [1.807, 2.05) is 0 Å². The average Bonchev–Trinajstić information content (AvgIpc) is 2.14. The second-order valence-electron chi connectivity index (χ2n) is 3.23. The Hall–Kier alpha value is -0.980. The van der Waals surface area contributed by atoms with Crippen molar-refractivity contribution < 1.29 is 13.2 Å². The van der Waals surface area contributed by atoms with Gasteiger partial charge in [0, 0.05) is 19.2 Å². The molecule has 0 aliphatic rings. The van der Waals surface area contributed by atoms with E-state index in [1.54, 1.807) is 0 Å². The molecular formula is C9H11BrF3N3. The molecule has 0 unspecified atom stereocenters. The summed E-state index contributed by atoms with van der Waals surface area (Å²) in [6.45, 7) is 0.215. The molecule has 0 bridgehead atoms. The van der Waals surface area contributed by atoms with Gasteiger partial charge in [-0.25, -0.2) is 0 Å². The van der Waals surface area contributed by atoms with Crippen molar-refractivity contribution in [2.75, 3.05) is 17.6 Å². The van der Waals surface area contributed by atoms with Crippen LogP contribution in [0.15, 0.2) is 16.9 Å². The van der Waals surface area contributed by atoms with E-state index >= 15 is 0 Å². The molecule has 7 heteroatoms. The van der Waals surface area contributed by atoms with Crippen LogP contribution in [-0.2, 0) is 0 Å². The van der Waals surface area contributed by atoms with Gasteiger partial charge in [-0.1, -0.05) is 0 Å². The lowest BCUT2D eigenvalue weighted by molar-refractivity contribution is -0.134. The highest BCUT2D eigenvalue weighted by Gasteiger charge is 2.25. The smallest absolute Gasteiger partial charge is 0.389 e. The predicted octanol–water partition coefficient (Wildman–Crippen LogP) is 3.18. The summed E-state index contributed by atoms with van der Waals surface area (Å²) in [6, 6.07) is 0. The monoisotopic (exact) mass is 297 g/mol. The minimum Gasteiger partial charge on any atom is -0.396 e. The Labute approximate surface area is 99.4 Å². The lowest BCUT2D eigenvalue weighted by Gasteiger charge is -2.11. The van der Waals surface area contributed by atoms with E-state index in [9.17, 15) is 13.2 Å². The molecule has 1 heterocycles. The summed E-state index contributed by atoms with van der Waals surface area (Å²) >= 11 is 3.21. The summed E-state index contributed by atoms with van der Waals surface area (Å²) in [5, 5.41) is 2.84. The number of nitrogen functional groups attached to an aromatic ring is 1. The number of nitrogens with one attached hydrogen (secondary N) is 1. The highest BCUT2D eigenvalue weighted by molar-refractivity contribution is 9.10. The fourth-order valence-corrected chi connectivity index (χ4v) is 1.63. The fourth-order valence-electron chi connectivity index (χ4n) is 1.14. The molecule has 0 aromatic carbocycles. The number of halogens is 4. The van der Waals surface area contributed by atoms with Crippen molar-refractivity contribution in [1.82, 2.24) is 4.98 Å². The summed E-state index contributed by atoms with van der Waals surface area (Å²) in [5.74, 6) is 0. The van der Waals surface area contributed by atoms with Crippen LogP contribution in [0.4, 0.5) is 24.5 Å². The van der Waals surface area contributed by atoms with Gasteiger partial charge in [0.05, 0.1) is 22.0 Å². The van der Waals surface area contributed by atoms with E-state index in [-0.39, 0.29) is 13.0 Å². The summed E-state index contributed by atoms with van der Waals surface area (Å²) in [4.78, 5) is 3.82. The molecule has 1 rings (SSSR count). The van der Waals surface area contributed by atoms with Crippen LogP contribution in [0.25, 0.3) is 0 Å². The number of aromatic nitrogens is 1. The van der Waals surface area contributed by atoms with Gasteiger partial charge in [0.1, 0.15) is 0 Å². The number of alkyl halides is 3. The number of hydrogen-bond donors (Lipinski definition) is 2. The second kappa shape index (κ2) is 5.38. The van der Waals surface area contributed by atoms with Crippen molar-refractivity contribution in [1.29, 1.82) is 0 Å². The molecule has 0 radical (unpaired) electrons. The van der Waals surface area contributed by atoms with Gasteiger partial charge < -0.3 is 11.1 Å². The van der Waals surface area contributed by atoms with Crippen molar-refractivity contribution in [2.24, 2.45) is 0 Å². The van der Waals surface area contributed by atoms with Gasteiger partial charge in [0.25, 0.3) is 0 Å². The van der Waals surface area contributed by atoms with Gasteiger partial charge in [0.15, 0.2) is 0 Å². The first-order chi connectivity index (χ1) is 7.40. The van der Waals surface area contributed by atoms with Crippen LogP contribution in [-0.4, -0.2) is 17.7 Å². The number of anilines is 2. The van der Waals surface area contributed by atoms with Gasteiger partial charge in [-0.3, -0.25) is 4.98 Å². The van der Waals surface area contributed by atoms with Crippen LogP contribution in [0.2, 0.25) is 0 Å². The van der Waals surface area contributed by atoms with Crippen molar-refractivity contribution in [3.05, 3.63) is 16.9 Å². The zero-order valence-corrected chi connectivity index (χ0v) is 9.90. The van der Waals surface area contributed by atoms with Gasteiger partial charge in [-0.15, -0.1) is 0 Å². The van der Waals surface area contributed by atoms with Gasteiger partial charge in [-0.05, 0) is 22.4 Å². The molecule has 0 saturated heterocycles. The van der Waals surface area contributed by atoms with E-state index in [0.717, 1.165) is 0 Å². The predicted molar refractivity (Wildman–Crippen MR) is 60.1 cm³/mol. The molecule has 0 atom stereocenters. The summed E-state index contributed by atoms with van der Waals surface area (Å²) in [7, 11) is 0. The van der Waals surface area contributed by atoms with Crippen molar-refractivity contribution in [2.45, 2.75) is 19.0 Å². The first-order valence-corrected chi connectivity index (χ1v) is 5.39. The zero-order valence-electron chi connectivity index (χ0n) is 8.31. The Bertz CT molecular complexity index is 334. The molecular weight excluding hydrogens is 287 g/mol. The normalized spacial score (nSPS) is 11.5. The van der Waals surface area contributed by atoms with Crippen LogP contribution < -0.4 is 11.1 Å². The first kappa shape index (κ1) is 13.1. The van der Waals surface area contributed by atoms with Crippen LogP contribution in [0.5, 0.6) is 0 Å². The molecule has 0 aliphatic carbocycles. The number of nitrogens with zero attached hydrogens (tertiary/aromatic N) is 1. The maximum absolute atomic E-state index is 11.9. The number of hydrogen-bond acceptors (Lipinski definition) is 3. The Morgan fingerprint density at radius 3 is 2.62 bits per heavy atom. The Kier molecular flexibility index (Phi) is 4.40. The van der Waals surface area contributed by atoms with Crippen molar-refractivity contribution >= 4 is 27.3 Å². The summed E-state index contributed by atoms with van der Waals surface area (Å²) in [5.41, 5.74) is 6.60. The van der Waals surface area contributed by atoms with Crippen LogP contribution in [0.3, 0.4) is 0 Å². The maximum Gasteiger partial charge on any atom is 0.389 e. The third-order valence-electron chi connectivity index (χ3n) is 1.87. The number of pyridine rings is 1. The van der Waals surface area contributed by atoms with E-state index in [1.165, 1.54) is 12.4 Å². The van der Waals surface area contributed by atoms with E-state index < -0.39 is 12.6 Å². The SMILES string of the molecule is Nc1cncc(Br)c1NCCCC(F)(F)F. The zero-order chi connectivity index (χ0) is 12.2. The molecule has 0 aliphatic heterocycles. The molecule has 90 valence electrons. The summed E-state index contributed by atoms with van der Waals surface area (Å²) < 4.78 is 36.2. The van der Waals surface area contributed by atoms with Gasteiger partial charge in [0.2, 0.25) is 0 Å². The first-order valence-electron chi connectivity index (χ1n) is 4.60. The highest BCUT2D eigenvalue weighted by Crippen LogP contribution is 2.27. The Morgan fingerprint density at radius 2 is 2.06 bits per heavy atom. The molecule has 0 fully saturated rings. The third kappa shape index (κ3) is 4.26. The molecule has 16 heavy (non-hydrogen) atoms. The summed E-state index contributed by atoms with van der Waals surface area (Å²) in [6.07, 6.45) is -1.93. The molecule has 3 nitrogen and oxygen atoms in total. The van der Waals surface area contributed by atoms with E-state index in [0.29, 0.717) is 15.8 Å². The van der Waals surface area contributed by atoms with E-state index in [2.05, 4.69) is 26.2 Å². The van der Waals surface area contributed by atoms with Crippen LogP contribution in [0, 0.1) is 0 Å². The van der Waals surface area contributed by atoms with Gasteiger partial charge >= 0.3 is 6.18 Å². The maximum atomic E-state index is 11.9. The molecule has 0 spiro atoms. The molecule has 1 aromatic rings. The fraction of sp³-hybridized carbons (Fsp3) is 0.444. The Morgan fingerprint density at radius 1 is 1.38 bits per heavy atom. The third-order valence-corrected chi connectivity index (χ3v) is 2.47. The molecule has 0 saturated carbocycles.